The zero-order valence-electron chi connectivity index (χ0n) is 21.0. The highest BCUT2D eigenvalue weighted by atomic mass is 16.3. The third-order valence-corrected chi connectivity index (χ3v) is 6.06. The third kappa shape index (κ3) is 6.56. The zero-order valence-corrected chi connectivity index (χ0v) is 21.0. The van der Waals surface area contributed by atoms with E-state index < -0.39 is 0 Å². The number of furan rings is 1. The average Bonchev–Trinajstić information content (AvgIpc) is 3.51. The predicted molar refractivity (Wildman–Crippen MR) is 143 cm³/mol. The van der Waals surface area contributed by atoms with Gasteiger partial charge in [-0.25, -0.2) is 9.78 Å². The van der Waals surface area contributed by atoms with Crippen molar-refractivity contribution < 1.29 is 14.0 Å². The Labute approximate surface area is 211 Å². The summed E-state index contributed by atoms with van der Waals surface area (Å²) >= 11 is 0. The van der Waals surface area contributed by atoms with Gasteiger partial charge in [-0.3, -0.25) is 4.79 Å². The highest BCUT2D eigenvalue weighted by Crippen LogP contribution is 2.20. The number of rotatable bonds is 9. The number of nitrogens with zero attached hydrogens (tertiary/aromatic N) is 3. The molecule has 3 aromatic rings. The van der Waals surface area contributed by atoms with Crippen molar-refractivity contribution >= 4 is 48.4 Å². The highest BCUT2D eigenvalue weighted by molar-refractivity contribution is 6.35. The molecule has 0 unspecified atom stereocenters. The van der Waals surface area contributed by atoms with E-state index in [1.54, 1.807) is 12.3 Å². The van der Waals surface area contributed by atoms with Crippen LogP contribution in [0.2, 0.25) is 0 Å². The number of hydrogen-bond donors (Lipinski definition) is 4. The molecule has 3 heterocycles. The summed E-state index contributed by atoms with van der Waals surface area (Å²) in [4.78, 5) is 35.3. The van der Waals surface area contributed by atoms with E-state index in [4.69, 9.17) is 4.42 Å². The van der Waals surface area contributed by atoms with Crippen LogP contribution in [0, 0.1) is 13.8 Å². The molecule has 0 radical (unpaired) electrons. The standard InChI is InChI=1S/C25H32BN7O3/c1-16-13-21(36-17(16)2)23(34)28-10-6-9-27-22-20(26)15-29-24(32-22)30-18-7-5-8-19(14-18)31-25(35)33-11-3-4-12-33/h5,7-8,13-15H,3-4,6,9-12,26H2,1-2H3,(H,28,34)(H,31,35)(H2,27,29,30,32). The molecule has 2 aromatic heterocycles. The van der Waals surface area contributed by atoms with Crippen LogP contribution in [0.1, 0.15) is 41.1 Å². The normalized spacial score (nSPS) is 12.9. The van der Waals surface area contributed by atoms with E-state index in [2.05, 4.69) is 31.2 Å². The molecule has 188 valence electrons. The largest absolute Gasteiger partial charge is 0.456 e. The van der Waals surface area contributed by atoms with Gasteiger partial charge in [0.05, 0.1) is 0 Å². The number of benzene rings is 1. The van der Waals surface area contributed by atoms with E-state index in [9.17, 15) is 9.59 Å². The Balaban J connectivity index is 1.27. The quantitative estimate of drug-likeness (QED) is 0.269. The monoisotopic (exact) mass is 489 g/mol. The van der Waals surface area contributed by atoms with Crippen LogP contribution in [-0.4, -0.2) is 60.8 Å². The minimum atomic E-state index is -0.213. The van der Waals surface area contributed by atoms with E-state index >= 15 is 0 Å². The second-order valence-electron chi connectivity index (χ2n) is 8.94. The summed E-state index contributed by atoms with van der Waals surface area (Å²) in [5.41, 5.74) is 3.36. The minimum Gasteiger partial charge on any atom is -0.456 e. The maximum absolute atomic E-state index is 12.4. The maximum Gasteiger partial charge on any atom is 0.321 e. The molecule has 1 aliphatic rings. The Kier molecular flexibility index (Phi) is 8.09. The molecule has 1 aliphatic heterocycles. The van der Waals surface area contributed by atoms with Crippen LogP contribution in [-0.2, 0) is 0 Å². The average molecular weight is 489 g/mol. The van der Waals surface area contributed by atoms with Gasteiger partial charge in [-0.2, -0.15) is 4.98 Å². The Morgan fingerprint density at radius 1 is 1.11 bits per heavy atom. The fourth-order valence-electron chi connectivity index (χ4n) is 3.88. The van der Waals surface area contributed by atoms with Crippen molar-refractivity contribution in [1.29, 1.82) is 0 Å². The highest BCUT2D eigenvalue weighted by Gasteiger charge is 2.18. The molecular formula is C25H32BN7O3. The smallest absolute Gasteiger partial charge is 0.321 e. The lowest BCUT2D eigenvalue weighted by Crippen LogP contribution is -2.32. The summed E-state index contributed by atoms with van der Waals surface area (Å²) < 4.78 is 5.46. The van der Waals surface area contributed by atoms with Crippen molar-refractivity contribution in [3.8, 4) is 0 Å². The molecule has 1 aromatic carbocycles. The van der Waals surface area contributed by atoms with Crippen molar-refractivity contribution in [3.05, 3.63) is 53.6 Å². The minimum absolute atomic E-state index is 0.0756. The first-order valence-electron chi connectivity index (χ1n) is 12.2. The number of hydrogen-bond acceptors (Lipinski definition) is 7. The number of aromatic nitrogens is 2. The van der Waals surface area contributed by atoms with Crippen LogP contribution in [0.4, 0.5) is 27.9 Å². The molecule has 1 saturated heterocycles. The fraction of sp³-hybridized carbons (Fsp3) is 0.360. The predicted octanol–water partition coefficient (Wildman–Crippen LogP) is 2.55. The second-order valence-corrected chi connectivity index (χ2v) is 8.94. The second kappa shape index (κ2) is 11.6. The number of urea groups is 1. The van der Waals surface area contributed by atoms with Gasteiger partial charge in [-0.05, 0) is 68.4 Å². The molecule has 11 heteroatoms. The lowest BCUT2D eigenvalue weighted by Gasteiger charge is -2.16. The molecule has 0 bridgehead atoms. The molecule has 4 N–H and O–H groups in total. The van der Waals surface area contributed by atoms with Gasteiger partial charge < -0.3 is 30.6 Å². The van der Waals surface area contributed by atoms with E-state index in [1.165, 1.54) is 0 Å². The number of amides is 3. The third-order valence-electron chi connectivity index (χ3n) is 6.06. The van der Waals surface area contributed by atoms with Crippen molar-refractivity contribution in [2.24, 2.45) is 0 Å². The first-order valence-corrected chi connectivity index (χ1v) is 12.2. The van der Waals surface area contributed by atoms with Crippen molar-refractivity contribution in [1.82, 2.24) is 20.2 Å². The van der Waals surface area contributed by atoms with Crippen molar-refractivity contribution in [2.75, 3.05) is 42.1 Å². The van der Waals surface area contributed by atoms with Gasteiger partial charge in [0.15, 0.2) is 5.76 Å². The van der Waals surface area contributed by atoms with Crippen LogP contribution in [0.5, 0.6) is 0 Å². The summed E-state index contributed by atoms with van der Waals surface area (Å²) in [6.45, 7) is 6.49. The first kappa shape index (κ1) is 25.1. The summed E-state index contributed by atoms with van der Waals surface area (Å²) in [7, 11) is 1.93. The van der Waals surface area contributed by atoms with E-state index in [0.717, 1.165) is 60.6 Å². The van der Waals surface area contributed by atoms with Crippen molar-refractivity contribution in [2.45, 2.75) is 33.1 Å². The number of carbonyl (C=O) groups is 2. The molecule has 3 amide bonds. The zero-order chi connectivity index (χ0) is 25.5. The lowest BCUT2D eigenvalue weighted by molar-refractivity contribution is 0.0924. The molecular weight excluding hydrogens is 457 g/mol. The summed E-state index contributed by atoms with van der Waals surface area (Å²) in [6, 6.07) is 9.15. The maximum atomic E-state index is 12.4. The lowest BCUT2D eigenvalue weighted by atomic mass is 9.99. The van der Waals surface area contributed by atoms with Gasteiger partial charge in [-0.1, -0.05) is 6.07 Å². The van der Waals surface area contributed by atoms with Gasteiger partial charge >= 0.3 is 6.03 Å². The topological polar surface area (TPSA) is 124 Å². The number of carbonyl (C=O) groups excluding carboxylic acids is 2. The van der Waals surface area contributed by atoms with E-state index in [-0.39, 0.29) is 11.9 Å². The fourth-order valence-corrected chi connectivity index (χ4v) is 3.88. The van der Waals surface area contributed by atoms with Gasteiger partial charge in [0.2, 0.25) is 5.95 Å². The molecule has 36 heavy (non-hydrogen) atoms. The summed E-state index contributed by atoms with van der Waals surface area (Å²) in [5, 5.41) is 12.3. The Morgan fingerprint density at radius 3 is 2.64 bits per heavy atom. The van der Waals surface area contributed by atoms with Crippen LogP contribution >= 0.6 is 0 Å². The van der Waals surface area contributed by atoms with Gasteiger partial charge in [0.1, 0.15) is 19.4 Å². The van der Waals surface area contributed by atoms with Crippen LogP contribution in [0.3, 0.4) is 0 Å². The molecule has 1 fully saturated rings. The van der Waals surface area contributed by atoms with Crippen LogP contribution < -0.4 is 26.7 Å². The van der Waals surface area contributed by atoms with Gasteiger partial charge in [0, 0.05) is 43.8 Å². The van der Waals surface area contributed by atoms with Gasteiger partial charge in [-0.15, -0.1) is 0 Å². The number of aryl methyl sites for hydroxylation is 2. The van der Waals surface area contributed by atoms with E-state index in [1.807, 2.05) is 50.9 Å². The Morgan fingerprint density at radius 2 is 1.89 bits per heavy atom. The van der Waals surface area contributed by atoms with Gasteiger partial charge in [0.25, 0.3) is 5.91 Å². The molecule has 0 aliphatic carbocycles. The van der Waals surface area contributed by atoms with Crippen LogP contribution in [0.25, 0.3) is 0 Å². The molecule has 0 spiro atoms. The van der Waals surface area contributed by atoms with Crippen LogP contribution in [0.15, 0.2) is 40.9 Å². The molecule has 0 saturated carbocycles. The first-order chi connectivity index (χ1) is 17.4. The molecule has 10 nitrogen and oxygen atoms in total. The Hall–Kier alpha value is -4.02. The number of likely N-dealkylation sites (tertiary alicyclic amines) is 1. The SMILES string of the molecule is Bc1cnc(Nc2cccc(NC(=O)N3CCCC3)c2)nc1NCCCNC(=O)c1cc(C)c(C)o1. The Bertz CT molecular complexity index is 1200. The molecule has 0 atom stereocenters. The summed E-state index contributed by atoms with van der Waals surface area (Å²) in [6.07, 6.45) is 4.57. The molecule has 4 rings (SSSR count). The van der Waals surface area contributed by atoms with E-state index in [0.29, 0.717) is 30.5 Å². The number of nitrogens with one attached hydrogen (secondary N) is 4. The summed E-state index contributed by atoms with van der Waals surface area (Å²) in [5.74, 6) is 2.04. The van der Waals surface area contributed by atoms with Crippen molar-refractivity contribution in [3.63, 3.8) is 0 Å². The number of anilines is 4.